The Labute approximate surface area is 202 Å². The summed E-state index contributed by atoms with van der Waals surface area (Å²) in [6, 6.07) is 8.92. The van der Waals surface area contributed by atoms with Gasteiger partial charge in [0.15, 0.2) is 6.73 Å². The molecule has 3 rings (SSSR count). The van der Waals surface area contributed by atoms with Crippen LogP contribution in [0, 0.1) is 30.5 Å². The molecule has 0 aliphatic rings. The zero-order chi connectivity index (χ0) is 25.9. The average molecular weight is 480 g/mol. The summed E-state index contributed by atoms with van der Waals surface area (Å²) in [6.07, 6.45) is 5.49. The van der Waals surface area contributed by atoms with Gasteiger partial charge in [0.1, 0.15) is 11.6 Å². The van der Waals surface area contributed by atoms with Crippen LogP contribution in [0.4, 0.5) is 10.1 Å². The second kappa shape index (κ2) is 9.97. The number of terminal acetylenes is 1. The van der Waals surface area contributed by atoms with Gasteiger partial charge < -0.3 is 14.7 Å². The molecule has 0 spiro atoms. The number of rotatable bonds is 7. The predicted octanol–water partition coefficient (Wildman–Crippen LogP) is 3.73. The van der Waals surface area contributed by atoms with Crippen LogP contribution in [-0.2, 0) is 22.8 Å². The van der Waals surface area contributed by atoms with E-state index in [1.807, 2.05) is 0 Å². The van der Waals surface area contributed by atoms with Crippen LogP contribution in [0.25, 0.3) is 10.9 Å². The van der Waals surface area contributed by atoms with Crippen molar-refractivity contribution in [3.05, 3.63) is 69.5 Å². The Bertz CT molecular complexity index is 1400. The van der Waals surface area contributed by atoms with Crippen molar-refractivity contribution < 1.29 is 23.8 Å². The van der Waals surface area contributed by atoms with Crippen LogP contribution < -0.4 is 10.5 Å². The minimum Gasteiger partial charge on any atom is -0.478 e. The Kier molecular flexibility index (Phi) is 7.25. The summed E-state index contributed by atoms with van der Waals surface area (Å²) in [7, 11) is 0. The molecule has 0 unspecified atom stereocenters. The summed E-state index contributed by atoms with van der Waals surface area (Å²) in [5, 5.41) is 9.39. The number of carbonyl (C=O) groups is 2. The number of fused-ring (bicyclic) bond motifs is 1. The van der Waals surface area contributed by atoms with Crippen molar-refractivity contribution in [2.24, 2.45) is 5.41 Å². The number of aryl methyl sites for hydroxylation is 1. The highest BCUT2D eigenvalue weighted by Crippen LogP contribution is 2.22. The minimum absolute atomic E-state index is 0.128. The molecule has 3 aromatic rings. The van der Waals surface area contributed by atoms with Crippen LogP contribution in [0.2, 0.25) is 0 Å². The normalized spacial score (nSPS) is 11.2. The first-order chi connectivity index (χ1) is 16.4. The van der Waals surface area contributed by atoms with Gasteiger partial charge in [0, 0.05) is 12.2 Å². The molecule has 1 N–H and O–H groups in total. The molecule has 0 aliphatic carbocycles. The molecule has 35 heavy (non-hydrogen) atoms. The lowest BCUT2D eigenvalue weighted by molar-refractivity contribution is -0.157. The molecule has 182 valence electrons. The second-order valence-electron chi connectivity index (χ2n) is 9.08. The van der Waals surface area contributed by atoms with E-state index >= 15 is 0 Å². The van der Waals surface area contributed by atoms with Crippen molar-refractivity contribution >= 4 is 28.5 Å². The van der Waals surface area contributed by atoms with Crippen LogP contribution in [0.15, 0.2) is 41.2 Å². The molecule has 0 bridgehead atoms. The molecule has 2 aromatic carbocycles. The summed E-state index contributed by atoms with van der Waals surface area (Å²) in [6.45, 7) is 6.92. The summed E-state index contributed by atoms with van der Waals surface area (Å²) in [4.78, 5) is 42.6. The summed E-state index contributed by atoms with van der Waals surface area (Å²) in [5.74, 6) is 0.236. The molecule has 8 nitrogen and oxygen atoms in total. The third-order valence-electron chi connectivity index (χ3n) is 5.35. The Morgan fingerprint density at radius 3 is 2.54 bits per heavy atom. The molecular weight excluding hydrogens is 453 g/mol. The van der Waals surface area contributed by atoms with Crippen molar-refractivity contribution in [3.63, 3.8) is 0 Å². The average Bonchev–Trinajstić information content (AvgIpc) is 2.78. The van der Waals surface area contributed by atoms with Crippen molar-refractivity contribution in [1.29, 1.82) is 0 Å². The first kappa shape index (κ1) is 25.4. The lowest BCUT2D eigenvalue weighted by Crippen LogP contribution is -2.30. The lowest BCUT2D eigenvalue weighted by atomic mass is 9.98. The molecule has 0 amide bonds. The molecule has 1 aromatic heterocycles. The van der Waals surface area contributed by atoms with Gasteiger partial charge in [-0.05, 0) is 63.6 Å². The smallest absolute Gasteiger partial charge is 0.338 e. The SMILES string of the molecule is C#CCN(Cc1ccc2nc(C)n(COC(=O)C(C)(C)C)c(=O)c2c1)c1ccc(C(=O)O)c(F)c1. The maximum absolute atomic E-state index is 14.2. The third-order valence-corrected chi connectivity index (χ3v) is 5.35. The van der Waals surface area contributed by atoms with Crippen molar-refractivity contribution in [1.82, 2.24) is 9.55 Å². The predicted molar refractivity (Wildman–Crippen MR) is 130 cm³/mol. The van der Waals surface area contributed by atoms with E-state index < -0.39 is 28.7 Å². The van der Waals surface area contributed by atoms with E-state index in [9.17, 15) is 18.8 Å². The monoisotopic (exact) mass is 479 g/mol. The molecule has 0 atom stereocenters. The number of aromatic nitrogens is 2. The Hall–Kier alpha value is -4.19. The summed E-state index contributed by atoms with van der Waals surface area (Å²) < 4.78 is 20.8. The zero-order valence-corrected chi connectivity index (χ0v) is 20.0. The molecule has 1 heterocycles. The zero-order valence-electron chi connectivity index (χ0n) is 20.0. The molecular formula is C26H26FN3O5. The minimum atomic E-state index is -1.36. The van der Waals surface area contributed by atoms with Gasteiger partial charge in [-0.1, -0.05) is 12.0 Å². The summed E-state index contributed by atoms with van der Waals surface area (Å²) in [5.41, 5.74) is 0.0774. The topological polar surface area (TPSA) is 102 Å². The van der Waals surface area contributed by atoms with Gasteiger partial charge in [0.05, 0.1) is 28.4 Å². The number of halogens is 1. The van der Waals surface area contributed by atoms with E-state index in [1.54, 1.807) is 50.8 Å². The van der Waals surface area contributed by atoms with Gasteiger partial charge in [-0.15, -0.1) is 6.42 Å². The van der Waals surface area contributed by atoms with Gasteiger partial charge >= 0.3 is 11.9 Å². The number of hydrogen-bond donors (Lipinski definition) is 1. The summed E-state index contributed by atoms with van der Waals surface area (Å²) >= 11 is 0. The van der Waals surface area contributed by atoms with Crippen LogP contribution in [0.3, 0.4) is 0 Å². The molecule has 0 saturated heterocycles. The number of esters is 1. The fraction of sp³-hybridized carbons (Fsp3) is 0.308. The fourth-order valence-electron chi connectivity index (χ4n) is 3.41. The van der Waals surface area contributed by atoms with E-state index in [1.165, 1.54) is 16.7 Å². The third kappa shape index (κ3) is 5.66. The number of carboxylic acids is 1. The van der Waals surface area contributed by atoms with Crippen molar-refractivity contribution in [2.45, 2.75) is 41.0 Å². The number of carboxylic acid groups (broad SMARTS) is 1. The largest absolute Gasteiger partial charge is 0.478 e. The quantitative estimate of drug-likeness (QED) is 0.407. The molecule has 0 fully saturated rings. The van der Waals surface area contributed by atoms with Gasteiger partial charge in [-0.3, -0.25) is 14.2 Å². The van der Waals surface area contributed by atoms with Crippen LogP contribution in [-0.4, -0.2) is 33.1 Å². The van der Waals surface area contributed by atoms with Crippen LogP contribution >= 0.6 is 0 Å². The molecule has 0 aliphatic heterocycles. The maximum Gasteiger partial charge on any atom is 0.338 e. The Morgan fingerprint density at radius 1 is 1.23 bits per heavy atom. The van der Waals surface area contributed by atoms with E-state index in [4.69, 9.17) is 16.3 Å². The number of hydrogen-bond acceptors (Lipinski definition) is 6. The number of benzene rings is 2. The van der Waals surface area contributed by atoms with Gasteiger partial charge in [0.2, 0.25) is 0 Å². The fourth-order valence-corrected chi connectivity index (χ4v) is 3.41. The highest BCUT2D eigenvalue weighted by Gasteiger charge is 2.23. The number of ether oxygens (including phenoxy) is 1. The number of carbonyl (C=O) groups excluding carboxylic acids is 1. The van der Waals surface area contributed by atoms with Gasteiger partial charge in [-0.25, -0.2) is 14.2 Å². The van der Waals surface area contributed by atoms with E-state index in [2.05, 4.69) is 10.9 Å². The van der Waals surface area contributed by atoms with E-state index in [0.717, 1.165) is 6.07 Å². The van der Waals surface area contributed by atoms with Crippen molar-refractivity contribution in [2.75, 3.05) is 11.4 Å². The first-order valence-corrected chi connectivity index (χ1v) is 10.8. The lowest BCUT2D eigenvalue weighted by Gasteiger charge is -2.23. The highest BCUT2D eigenvalue weighted by molar-refractivity contribution is 5.88. The Balaban J connectivity index is 1.94. The molecule has 0 saturated carbocycles. The van der Waals surface area contributed by atoms with E-state index in [0.29, 0.717) is 28.0 Å². The number of nitrogens with zero attached hydrogens (tertiary/aromatic N) is 3. The number of anilines is 1. The highest BCUT2D eigenvalue weighted by atomic mass is 19.1. The second-order valence-corrected chi connectivity index (χ2v) is 9.08. The van der Waals surface area contributed by atoms with E-state index in [-0.39, 0.29) is 25.4 Å². The van der Waals surface area contributed by atoms with Crippen LogP contribution in [0.1, 0.15) is 42.5 Å². The first-order valence-electron chi connectivity index (χ1n) is 10.8. The maximum atomic E-state index is 14.2. The van der Waals surface area contributed by atoms with Crippen molar-refractivity contribution in [3.8, 4) is 12.3 Å². The molecule has 0 radical (unpaired) electrons. The standard InChI is InChI=1S/C26H26FN3O5/c1-6-11-29(18-8-9-19(24(32)33)21(27)13-18)14-17-7-10-22-20(12-17)23(31)30(16(2)28-22)15-35-25(34)26(3,4)5/h1,7-10,12-13H,11,14-15H2,2-5H3,(H,32,33). The number of aromatic carboxylic acids is 1. The molecule has 9 heteroatoms. The van der Waals surface area contributed by atoms with Gasteiger partial charge in [-0.2, -0.15) is 0 Å². The Morgan fingerprint density at radius 2 is 1.94 bits per heavy atom. The van der Waals surface area contributed by atoms with Crippen LogP contribution in [0.5, 0.6) is 0 Å². The van der Waals surface area contributed by atoms with Gasteiger partial charge in [0.25, 0.3) is 5.56 Å².